The van der Waals surface area contributed by atoms with Crippen LogP contribution in [-0.4, -0.2) is 18.5 Å². The summed E-state index contributed by atoms with van der Waals surface area (Å²) in [4.78, 5) is 25.0. The van der Waals surface area contributed by atoms with Crippen molar-refractivity contribution in [1.82, 2.24) is 0 Å². The van der Waals surface area contributed by atoms with Crippen LogP contribution in [0, 0.1) is 5.82 Å². The number of hydrogen-bond donors (Lipinski definition) is 0. The van der Waals surface area contributed by atoms with Crippen molar-refractivity contribution >= 4 is 11.9 Å². The number of halogens is 1. The summed E-state index contributed by atoms with van der Waals surface area (Å²) in [6, 6.07) is 12.5. The van der Waals surface area contributed by atoms with E-state index < -0.39 is 17.8 Å². The first-order chi connectivity index (χ1) is 16.6. The van der Waals surface area contributed by atoms with Crippen molar-refractivity contribution in [3.8, 4) is 0 Å². The predicted octanol–water partition coefficient (Wildman–Crippen LogP) is 8.04. The van der Waals surface area contributed by atoms with Crippen molar-refractivity contribution in [2.45, 2.75) is 90.6 Å². The summed E-state index contributed by atoms with van der Waals surface area (Å²) in [6.07, 6.45) is 14.9. The molecule has 34 heavy (non-hydrogen) atoms. The van der Waals surface area contributed by atoms with Crippen molar-refractivity contribution in [1.29, 1.82) is 0 Å². The first kappa shape index (κ1) is 27.6. The quantitative estimate of drug-likeness (QED) is 0.173. The third-order valence-electron chi connectivity index (χ3n) is 5.91. The maximum absolute atomic E-state index is 13.7. The molecule has 0 saturated heterocycles. The highest BCUT2D eigenvalue weighted by molar-refractivity contribution is 6.03. The maximum atomic E-state index is 13.7. The zero-order valence-corrected chi connectivity index (χ0v) is 20.5. The predicted molar refractivity (Wildman–Crippen MR) is 133 cm³/mol. The Morgan fingerprint density at radius 1 is 0.647 bits per heavy atom. The highest BCUT2D eigenvalue weighted by atomic mass is 19.1. The second-order valence-electron chi connectivity index (χ2n) is 8.74. The lowest BCUT2D eigenvalue weighted by Gasteiger charge is -2.10. The molecule has 5 heteroatoms. The van der Waals surface area contributed by atoms with E-state index in [2.05, 4.69) is 6.92 Å². The molecule has 0 atom stereocenters. The number of esters is 2. The fourth-order valence-electron chi connectivity index (χ4n) is 3.86. The van der Waals surface area contributed by atoms with Crippen LogP contribution in [0.1, 0.15) is 110 Å². The van der Waals surface area contributed by atoms with Gasteiger partial charge in [0.25, 0.3) is 0 Å². The molecule has 0 aliphatic heterocycles. The summed E-state index contributed by atoms with van der Waals surface area (Å²) in [5.74, 6) is -1.66. The fourth-order valence-corrected chi connectivity index (χ4v) is 3.86. The molecule has 0 fully saturated rings. The Morgan fingerprint density at radius 2 is 1.12 bits per heavy atom. The van der Waals surface area contributed by atoms with Gasteiger partial charge in [0.2, 0.25) is 0 Å². The molecule has 0 heterocycles. The third-order valence-corrected chi connectivity index (χ3v) is 5.91. The van der Waals surface area contributed by atoms with Gasteiger partial charge in [0.15, 0.2) is 0 Å². The summed E-state index contributed by atoms with van der Waals surface area (Å²) in [5, 5.41) is 0. The molecule has 0 spiro atoms. The number of ether oxygens (including phenoxy) is 2. The van der Waals surface area contributed by atoms with Gasteiger partial charge in [-0.1, -0.05) is 108 Å². The summed E-state index contributed by atoms with van der Waals surface area (Å²) >= 11 is 0. The van der Waals surface area contributed by atoms with E-state index in [0.29, 0.717) is 6.61 Å². The molecule has 4 nitrogen and oxygen atoms in total. The highest BCUT2D eigenvalue weighted by Crippen LogP contribution is 2.16. The lowest BCUT2D eigenvalue weighted by Crippen LogP contribution is -2.14. The Balaban J connectivity index is 1.63. The fraction of sp³-hybridized carbons (Fsp3) is 0.517. The van der Waals surface area contributed by atoms with Gasteiger partial charge in [-0.25, -0.2) is 14.0 Å². The lowest BCUT2D eigenvalue weighted by molar-refractivity contribution is 0.0433. The largest absolute Gasteiger partial charge is 0.462 e. The molecular weight excluding hydrogens is 431 g/mol. The molecule has 2 aromatic rings. The van der Waals surface area contributed by atoms with Crippen molar-refractivity contribution in [3.63, 3.8) is 0 Å². The normalized spacial score (nSPS) is 10.8. The van der Waals surface area contributed by atoms with E-state index in [1.165, 1.54) is 69.9 Å². The molecule has 0 aliphatic carbocycles. The van der Waals surface area contributed by atoms with Gasteiger partial charge in [0, 0.05) is 5.56 Å². The number of carbonyl (C=O) groups is 2. The van der Waals surface area contributed by atoms with Crippen LogP contribution in [0.5, 0.6) is 0 Å². The average molecular weight is 471 g/mol. The van der Waals surface area contributed by atoms with Crippen LogP contribution >= 0.6 is 0 Å². The molecule has 0 bridgehead atoms. The number of carbonyl (C=O) groups excluding carboxylic acids is 2. The minimum absolute atomic E-state index is 0.124. The first-order valence-electron chi connectivity index (χ1n) is 12.8. The maximum Gasteiger partial charge on any atom is 0.339 e. The molecule has 186 valence electrons. The number of unbranched alkanes of at least 4 members (excludes halogenated alkanes) is 11. The van der Waals surface area contributed by atoms with E-state index >= 15 is 0 Å². The monoisotopic (exact) mass is 470 g/mol. The molecule has 0 saturated carbocycles. The van der Waals surface area contributed by atoms with Gasteiger partial charge in [-0.05, 0) is 24.6 Å². The van der Waals surface area contributed by atoms with Gasteiger partial charge >= 0.3 is 11.9 Å². The summed E-state index contributed by atoms with van der Waals surface area (Å²) < 4.78 is 24.3. The van der Waals surface area contributed by atoms with E-state index in [9.17, 15) is 14.0 Å². The smallest absolute Gasteiger partial charge is 0.339 e. The van der Waals surface area contributed by atoms with E-state index in [1.54, 1.807) is 36.4 Å². The molecule has 2 rings (SSSR count). The Hall–Kier alpha value is -2.69. The van der Waals surface area contributed by atoms with Crippen LogP contribution in [0.3, 0.4) is 0 Å². The average Bonchev–Trinajstić information content (AvgIpc) is 2.86. The van der Waals surface area contributed by atoms with Crippen molar-refractivity contribution < 1.29 is 23.5 Å². The van der Waals surface area contributed by atoms with Gasteiger partial charge in [-0.3, -0.25) is 0 Å². The van der Waals surface area contributed by atoms with E-state index in [-0.39, 0.29) is 23.3 Å². The zero-order valence-electron chi connectivity index (χ0n) is 20.5. The summed E-state index contributed by atoms with van der Waals surface area (Å²) in [7, 11) is 0. The van der Waals surface area contributed by atoms with Gasteiger partial charge < -0.3 is 9.47 Å². The van der Waals surface area contributed by atoms with Crippen molar-refractivity contribution in [3.05, 3.63) is 71.0 Å². The third kappa shape index (κ3) is 10.5. The Kier molecular flexibility index (Phi) is 13.7. The SMILES string of the molecule is CCCCCCCCCCCCCCOC(=O)c1ccccc1C(=O)OCc1ccccc1F. The Labute approximate surface area is 203 Å². The van der Waals surface area contributed by atoms with Crippen LogP contribution in [0.25, 0.3) is 0 Å². The number of benzene rings is 2. The lowest BCUT2D eigenvalue weighted by atomic mass is 10.1. The van der Waals surface area contributed by atoms with Crippen molar-refractivity contribution in [2.24, 2.45) is 0 Å². The summed E-state index contributed by atoms with van der Waals surface area (Å²) in [5.41, 5.74) is 0.571. The molecule has 0 amide bonds. The van der Waals surface area contributed by atoms with Crippen LogP contribution in [0.15, 0.2) is 48.5 Å². The molecule has 0 unspecified atom stereocenters. The summed E-state index contributed by atoms with van der Waals surface area (Å²) in [6.45, 7) is 2.37. The van der Waals surface area contributed by atoms with E-state index in [0.717, 1.165) is 19.3 Å². The second-order valence-corrected chi connectivity index (χ2v) is 8.74. The first-order valence-corrected chi connectivity index (χ1v) is 12.8. The molecule has 2 aromatic carbocycles. The zero-order chi connectivity index (χ0) is 24.4. The van der Waals surface area contributed by atoms with Gasteiger partial charge in [-0.15, -0.1) is 0 Å². The molecule has 0 radical (unpaired) electrons. The molecule has 0 aromatic heterocycles. The molecular formula is C29H39FO4. The molecule has 0 N–H and O–H groups in total. The van der Waals surface area contributed by atoms with Crippen LogP contribution in [0.2, 0.25) is 0 Å². The van der Waals surface area contributed by atoms with Crippen LogP contribution < -0.4 is 0 Å². The van der Waals surface area contributed by atoms with Gasteiger partial charge in [-0.2, -0.15) is 0 Å². The Morgan fingerprint density at radius 3 is 1.68 bits per heavy atom. The number of hydrogen-bond acceptors (Lipinski definition) is 4. The topological polar surface area (TPSA) is 52.6 Å². The van der Waals surface area contributed by atoms with Crippen molar-refractivity contribution in [2.75, 3.05) is 6.61 Å². The number of rotatable bonds is 17. The standard InChI is InChI=1S/C29H39FO4/c1-2-3-4-5-6-7-8-9-10-11-12-17-22-33-28(31)25-19-14-15-20-26(25)29(32)34-23-24-18-13-16-21-27(24)30/h13-16,18-21H,2-12,17,22-23H2,1H3. The van der Waals surface area contributed by atoms with Gasteiger partial charge in [0.05, 0.1) is 17.7 Å². The van der Waals surface area contributed by atoms with Gasteiger partial charge in [0.1, 0.15) is 12.4 Å². The second kappa shape index (κ2) is 16.9. The minimum Gasteiger partial charge on any atom is -0.462 e. The van der Waals surface area contributed by atoms with E-state index in [4.69, 9.17) is 9.47 Å². The Bertz CT molecular complexity index is 865. The minimum atomic E-state index is -0.679. The highest BCUT2D eigenvalue weighted by Gasteiger charge is 2.19. The van der Waals surface area contributed by atoms with Crippen LogP contribution in [-0.2, 0) is 16.1 Å². The molecule has 0 aliphatic rings. The van der Waals surface area contributed by atoms with E-state index in [1.807, 2.05) is 0 Å². The van der Waals surface area contributed by atoms with Crippen LogP contribution in [0.4, 0.5) is 4.39 Å².